The third kappa shape index (κ3) is 6.01. The second-order valence-electron chi connectivity index (χ2n) is 7.61. The van der Waals surface area contributed by atoms with Crippen molar-refractivity contribution >= 4 is 40.6 Å². The van der Waals surface area contributed by atoms with E-state index in [-0.39, 0.29) is 18.3 Å². The number of nitrogens with one attached hydrogen (secondary N) is 1. The van der Waals surface area contributed by atoms with E-state index in [2.05, 4.69) is 5.32 Å². The van der Waals surface area contributed by atoms with Crippen LogP contribution in [0.25, 0.3) is 0 Å². The van der Waals surface area contributed by atoms with Crippen molar-refractivity contribution in [2.24, 2.45) is 0 Å². The predicted molar refractivity (Wildman–Crippen MR) is 138 cm³/mol. The van der Waals surface area contributed by atoms with Crippen LogP contribution in [0.2, 0.25) is 10.0 Å². The van der Waals surface area contributed by atoms with E-state index in [1.165, 1.54) is 0 Å². The number of hydrogen-bond acceptors (Lipinski definition) is 4. The first-order chi connectivity index (χ1) is 16.9. The van der Waals surface area contributed by atoms with Gasteiger partial charge in [-0.25, -0.2) is 0 Å². The molecule has 0 aliphatic carbocycles. The maximum absolute atomic E-state index is 13.1. The molecule has 0 saturated carbocycles. The average molecular weight is 506 g/mol. The van der Waals surface area contributed by atoms with Crippen LogP contribution in [0.1, 0.15) is 31.8 Å². The quantitative estimate of drug-likeness (QED) is 0.260. The van der Waals surface area contributed by atoms with Gasteiger partial charge in [-0.1, -0.05) is 59.6 Å². The van der Waals surface area contributed by atoms with Crippen molar-refractivity contribution in [3.05, 3.63) is 123 Å². The van der Waals surface area contributed by atoms with E-state index >= 15 is 0 Å². The van der Waals surface area contributed by atoms with Crippen molar-refractivity contribution < 1.29 is 19.1 Å². The van der Waals surface area contributed by atoms with Gasteiger partial charge in [-0.2, -0.15) is 0 Å². The van der Waals surface area contributed by atoms with E-state index in [1.807, 2.05) is 6.07 Å². The SMILES string of the molecule is COc1ccc(C(=O)Nc2ccc(Cl)cc2C(=O)c2ccccc2)cc1COc1cccc(Cl)c1. The van der Waals surface area contributed by atoms with Gasteiger partial charge in [0.15, 0.2) is 5.78 Å². The van der Waals surface area contributed by atoms with Gasteiger partial charge in [0.1, 0.15) is 18.1 Å². The summed E-state index contributed by atoms with van der Waals surface area (Å²) in [6, 6.07) is 25.7. The van der Waals surface area contributed by atoms with Crippen LogP contribution < -0.4 is 14.8 Å². The topological polar surface area (TPSA) is 64.6 Å². The Hall–Kier alpha value is -3.80. The number of benzene rings is 4. The lowest BCUT2D eigenvalue weighted by atomic mass is 10.0. The molecule has 0 aliphatic rings. The molecule has 0 aromatic heterocycles. The number of anilines is 1. The van der Waals surface area contributed by atoms with Crippen LogP contribution in [0.3, 0.4) is 0 Å². The highest BCUT2D eigenvalue weighted by Gasteiger charge is 2.18. The van der Waals surface area contributed by atoms with Crippen LogP contribution in [0.4, 0.5) is 5.69 Å². The van der Waals surface area contributed by atoms with Crippen LogP contribution in [0.5, 0.6) is 11.5 Å². The largest absolute Gasteiger partial charge is 0.496 e. The molecular formula is C28H21Cl2NO4. The van der Waals surface area contributed by atoms with Gasteiger partial charge < -0.3 is 14.8 Å². The number of ketones is 1. The first kappa shape index (κ1) is 24.3. The van der Waals surface area contributed by atoms with Crippen molar-refractivity contribution in [1.82, 2.24) is 0 Å². The molecule has 0 spiro atoms. The summed E-state index contributed by atoms with van der Waals surface area (Å²) in [4.78, 5) is 26.2. The monoisotopic (exact) mass is 505 g/mol. The summed E-state index contributed by atoms with van der Waals surface area (Å²) >= 11 is 12.2. The third-order valence-electron chi connectivity index (χ3n) is 5.24. The Morgan fingerprint density at radius 2 is 1.57 bits per heavy atom. The molecule has 1 N–H and O–H groups in total. The number of ether oxygens (including phenoxy) is 2. The number of rotatable bonds is 8. The molecule has 0 atom stereocenters. The van der Waals surface area contributed by atoms with Crippen molar-refractivity contribution in [2.45, 2.75) is 6.61 Å². The predicted octanol–water partition coefficient (Wildman–Crippen LogP) is 7.06. The van der Waals surface area contributed by atoms with E-state index in [1.54, 1.807) is 92.0 Å². The van der Waals surface area contributed by atoms with Gasteiger partial charge >= 0.3 is 0 Å². The number of carbonyl (C=O) groups excluding carboxylic acids is 2. The van der Waals surface area contributed by atoms with Gasteiger partial charge in [0.25, 0.3) is 5.91 Å². The van der Waals surface area contributed by atoms with Gasteiger partial charge in [0.2, 0.25) is 0 Å². The standard InChI is InChI=1S/C28H21Cl2NO4/c1-34-26-13-10-19(14-20(26)17-35-23-9-5-8-21(29)15-23)28(33)31-25-12-11-22(30)16-24(25)27(32)18-6-3-2-4-7-18/h2-16H,17H2,1H3,(H,31,33). The summed E-state index contributed by atoms with van der Waals surface area (Å²) < 4.78 is 11.3. The van der Waals surface area contributed by atoms with Crippen molar-refractivity contribution in [3.8, 4) is 11.5 Å². The molecule has 4 rings (SSSR count). The summed E-state index contributed by atoms with van der Waals surface area (Å²) in [5, 5.41) is 3.79. The van der Waals surface area contributed by atoms with Crippen LogP contribution in [-0.4, -0.2) is 18.8 Å². The molecule has 5 nitrogen and oxygen atoms in total. The fourth-order valence-corrected chi connectivity index (χ4v) is 3.86. The minimum absolute atomic E-state index is 0.170. The van der Waals surface area contributed by atoms with Crippen LogP contribution in [-0.2, 0) is 6.61 Å². The molecule has 0 saturated heterocycles. The Labute approximate surface area is 213 Å². The van der Waals surface area contributed by atoms with E-state index in [0.29, 0.717) is 49.5 Å². The molecular weight excluding hydrogens is 485 g/mol. The first-order valence-corrected chi connectivity index (χ1v) is 11.5. The Balaban J connectivity index is 1.57. The molecule has 0 aliphatic heterocycles. The summed E-state index contributed by atoms with van der Waals surface area (Å²) in [5.41, 5.74) is 2.21. The smallest absolute Gasteiger partial charge is 0.255 e. The van der Waals surface area contributed by atoms with Crippen LogP contribution in [0, 0.1) is 0 Å². The zero-order valence-corrected chi connectivity index (χ0v) is 20.3. The summed E-state index contributed by atoms with van der Waals surface area (Å²) in [6.07, 6.45) is 0. The number of hydrogen-bond donors (Lipinski definition) is 1. The van der Waals surface area contributed by atoms with E-state index in [4.69, 9.17) is 32.7 Å². The Morgan fingerprint density at radius 3 is 2.31 bits per heavy atom. The maximum atomic E-state index is 13.1. The Morgan fingerprint density at radius 1 is 0.800 bits per heavy atom. The molecule has 0 fully saturated rings. The molecule has 0 bridgehead atoms. The second-order valence-corrected chi connectivity index (χ2v) is 8.48. The zero-order chi connectivity index (χ0) is 24.8. The van der Waals surface area contributed by atoms with Gasteiger partial charge in [0.05, 0.1) is 12.8 Å². The molecule has 7 heteroatoms. The molecule has 0 unspecified atom stereocenters. The molecule has 0 radical (unpaired) electrons. The van der Waals surface area contributed by atoms with Gasteiger partial charge in [-0.15, -0.1) is 0 Å². The Kier molecular flexibility index (Phi) is 7.70. The summed E-state index contributed by atoms with van der Waals surface area (Å²) in [6.45, 7) is 0.170. The lowest BCUT2D eigenvalue weighted by Gasteiger charge is -2.14. The van der Waals surface area contributed by atoms with E-state index in [0.717, 1.165) is 0 Å². The number of carbonyl (C=O) groups is 2. The number of halogens is 2. The van der Waals surface area contributed by atoms with Gasteiger partial charge in [-0.05, 0) is 54.6 Å². The average Bonchev–Trinajstić information content (AvgIpc) is 2.88. The second kappa shape index (κ2) is 11.1. The highest BCUT2D eigenvalue weighted by Crippen LogP contribution is 2.27. The first-order valence-electron chi connectivity index (χ1n) is 10.7. The summed E-state index contributed by atoms with van der Waals surface area (Å²) in [5.74, 6) is 0.546. The minimum Gasteiger partial charge on any atom is -0.496 e. The number of amides is 1. The third-order valence-corrected chi connectivity index (χ3v) is 5.71. The van der Waals surface area contributed by atoms with Gasteiger partial charge in [-0.3, -0.25) is 9.59 Å². The van der Waals surface area contributed by atoms with E-state index in [9.17, 15) is 9.59 Å². The molecule has 176 valence electrons. The molecule has 1 amide bonds. The fourth-order valence-electron chi connectivity index (χ4n) is 3.50. The molecule has 4 aromatic carbocycles. The van der Waals surface area contributed by atoms with E-state index < -0.39 is 0 Å². The molecule has 35 heavy (non-hydrogen) atoms. The lowest BCUT2D eigenvalue weighted by Crippen LogP contribution is -2.16. The number of methoxy groups -OCH3 is 1. The highest BCUT2D eigenvalue weighted by atomic mass is 35.5. The van der Waals surface area contributed by atoms with Crippen molar-refractivity contribution in [3.63, 3.8) is 0 Å². The van der Waals surface area contributed by atoms with Crippen LogP contribution in [0.15, 0.2) is 91.0 Å². The zero-order valence-electron chi connectivity index (χ0n) is 18.8. The normalized spacial score (nSPS) is 10.5. The van der Waals surface area contributed by atoms with Gasteiger partial charge in [0, 0.05) is 32.3 Å². The molecule has 0 heterocycles. The van der Waals surface area contributed by atoms with Crippen molar-refractivity contribution in [1.29, 1.82) is 0 Å². The highest BCUT2D eigenvalue weighted by molar-refractivity contribution is 6.31. The molecule has 4 aromatic rings. The Bertz CT molecular complexity index is 1370. The van der Waals surface area contributed by atoms with Crippen molar-refractivity contribution in [2.75, 3.05) is 12.4 Å². The minimum atomic E-state index is -0.388. The lowest BCUT2D eigenvalue weighted by molar-refractivity contribution is 0.102. The maximum Gasteiger partial charge on any atom is 0.255 e. The van der Waals surface area contributed by atoms with Crippen LogP contribution >= 0.6 is 23.2 Å². The fraction of sp³-hybridized carbons (Fsp3) is 0.0714. The summed E-state index contributed by atoms with van der Waals surface area (Å²) in [7, 11) is 1.55.